The fraction of sp³-hybridized carbons (Fsp3) is 0.500. The zero-order chi connectivity index (χ0) is 10.3. The van der Waals surface area contributed by atoms with Gasteiger partial charge in [0.05, 0.1) is 11.8 Å². The molecule has 0 bridgehead atoms. The third kappa shape index (κ3) is 1.22. The molecule has 1 saturated heterocycles. The summed E-state index contributed by atoms with van der Waals surface area (Å²) in [5, 5.41) is 8.95. The first-order chi connectivity index (χ1) is 6.65. The minimum absolute atomic E-state index is 0.00940. The van der Waals surface area contributed by atoms with Crippen LogP contribution in [0.3, 0.4) is 0 Å². The first-order valence-electron chi connectivity index (χ1n) is 4.30. The van der Waals surface area contributed by atoms with Crippen LogP contribution < -0.4 is 5.73 Å². The van der Waals surface area contributed by atoms with Gasteiger partial charge in [0.25, 0.3) is 0 Å². The summed E-state index contributed by atoms with van der Waals surface area (Å²) in [6, 6.07) is 0. The smallest absolute Gasteiger partial charge is 0.353 e. The van der Waals surface area contributed by atoms with Crippen LogP contribution in [0.25, 0.3) is 0 Å². The highest BCUT2D eigenvalue weighted by molar-refractivity contribution is 8.04. The van der Waals surface area contributed by atoms with Gasteiger partial charge in [-0.15, -0.1) is 11.8 Å². The predicted octanol–water partition coefficient (Wildman–Crippen LogP) is -0.0634. The number of fused-ring (bicyclic) bond motifs is 1. The number of carboxylic acids is 1. The molecular weight excluding hydrogens is 204 g/mol. The summed E-state index contributed by atoms with van der Waals surface area (Å²) in [6.45, 7) is 0.411. The van der Waals surface area contributed by atoms with Crippen molar-refractivity contribution in [3.8, 4) is 0 Å². The molecular formula is C8H10N2O3S. The van der Waals surface area contributed by atoms with E-state index in [9.17, 15) is 9.59 Å². The quantitative estimate of drug-likeness (QED) is 0.643. The Morgan fingerprint density at radius 1 is 1.71 bits per heavy atom. The summed E-state index contributed by atoms with van der Waals surface area (Å²) in [5.41, 5.74) is 5.51. The number of carbonyl (C=O) groups excluding carboxylic acids is 1. The Morgan fingerprint density at radius 2 is 2.43 bits per heavy atom. The Morgan fingerprint density at radius 3 is 2.93 bits per heavy atom. The number of carbonyl (C=O) groups is 2. The number of thioether (sulfide) groups is 1. The largest absolute Gasteiger partial charge is 0.477 e. The Hall–Kier alpha value is -1.01. The van der Waals surface area contributed by atoms with Crippen molar-refractivity contribution >= 4 is 23.6 Å². The molecule has 0 spiro atoms. The van der Waals surface area contributed by atoms with E-state index in [1.54, 1.807) is 0 Å². The second-order valence-corrected chi connectivity index (χ2v) is 4.43. The lowest BCUT2D eigenvalue weighted by molar-refractivity contribution is -0.145. The molecule has 0 aromatic heterocycles. The topological polar surface area (TPSA) is 83.6 Å². The normalized spacial score (nSPS) is 25.1. The van der Waals surface area contributed by atoms with E-state index in [-0.39, 0.29) is 17.0 Å². The number of β-lactam (4-membered cyclic amide) rings is 1. The molecule has 14 heavy (non-hydrogen) atoms. The zero-order valence-electron chi connectivity index (χ0n) is 7.40. The molecule has 5 nitrogen and oxygen atoms in total. The third-order valence-corrected chi connectivity index (χ3v) is 3.59. The van der Waals surface area contributed by atoms with Crippen molar-refractivity contribution in [1.29, 1.82) is 0 Å². The summed E-state index contributed by atoms with van der Waals surface area (Å²) in [7, 11) is 0. The van der Waals surface area contributed by atoms with E-state index < -0.39 is 5.97 Å². The van der Waals surface area contributed by atoms with Crippen molar-refractivity contribution in [2.75, 3.05) is 6.54 Å². The molecule has 2 heterocycles. The van der Waals surface area contributed by atoms with Gasteiger partial charge in [-0.05, 0) is 13.0 Å². The van der Waals surface area contributed by atoms with Gasteiger partial charge in [-0.25, -0.2) is 4.79 Å². The Bertz CT molecular complexity index is 339. The highest BCUT2D eigenvalue weighted by Crippen LogP contribution is 2.46. The average Bonchev–Trinajstić information content (AvgIpc) is 2.39. The number of nitrogens with two attached hydrogens (primary N) is 1. The van der Waals surface area contributed by atoms with Crippen molar-refractivity contribution < 1.29 is 14.7 Å². The SMILES string of the molecule is NCCC1=C(C(=O)O)N2C(=O)C[C@@H]2S1. The molecule has 2 rings (SSSR count). The highest BCUT2D eigenvalue weighted by atomic mass is 32.2. The van der Waals surface area contributed by atoms with Crippen LogP contribution in [0.5, 0.6) is 0 Å². The zero-order valence-corrected chi connectivity index (χ0v) is 8.21. The van der Waals surface area contributed by atoms with Gasteiger partial charge >= 0.3 is 5.97 Å². The highest BCUT2D eigenvalue weighted by Gasteiger charge is 2.47. The number of carboxylic acid groups (broad SMARTS) is 1. The molecule has 1 amide bonds. The van der Waals surface area contributed by atoms with Gasteiger partial charge in [-0.1, -0.05) is 0 Å². The van der Waals surface area contributed by atoms with Crippen LogP contribution in [-0.2, 0) is 9.59 Å². The van der Waals surface area contributed by atoms with Gasteiger partial charge in [0.1, 0.15) is 5.70 Å². The third-order valence-electron chi connectivity index (χ3n) is 2.26. The van der Waals surface area contributed by atoms with Gasteiger partial charge in [-0.3, -0.25) is 9.69 Å². The Balaban J connectivity index is 2.28. The van der Waals surface area contributed by atoms with Crippen LogP contribution >= 0.6 is 11.8 Å². The number of rotatable bonds is 3. The molecule has 0 unspecified atom stereocenters. The lowest BCUT2D eigenvalue weighted by atomic mass is 10.1. The number of aliphatic carboxylic acids is 1. The van der Waals surface area contributed by atoms with Crippen molar-refractivity contribution in [2.24, 2.45) is 5.73 Å². The summed E-state index contributed by atoms with van der Waals surface area (Å²) < 4.78 is 0. The summed E-state index contributed by atoms with van der Waals surface area (Å²) in [6.07, 6.45) is 0.974. The van der Waals surface area contributed by atoms with E-state index in [1.807, 2.05) is 0 Å². The van der Waals surface area contributed by atoms with Crippen LogP contribution in [0, 0.1) is 0 Å². The van der Waals surface area contributed by atoms with E-state index in [0.717, 1.165) is 4.91 Å². The first kappa shape index (κ1) is 9.54. The van der Waals surface area contributed by atoms with Crippen molar-refractivity contribution in [1.82, 2.24) is 4.90 Å². The van der Waals surface area contributed by atoms with Crippen LogP contribution in [0.1, 0.15) is 12.8 Å². The monoisotopic (exact) mass is 214 g/mol. The van der Waals surface area contributed by atoms with Gasteiger partial charge < -0.3 is 10.8 Å². The van der Waals surface area contributed by atoms with E-state index in [0.29, 0.717) is 19.4 Å². The van der Waals surface area contributed by atoms with Gasteiger partial charge in [0.2, 0.25) is 5.91 Å². The number of amides is 1. The van der Waals surface area contributed by atoms with Crippen LogP contribution in [0.4, 0.5) is 0 Å². The van der Waals surface area contributed by atoms with Gasteiger partial charge in [0.15, 0.2) is 0 Å². The molecule has 0 aromatic rings. The van der Waals surface area contributed by atoms with Crippen LogP contribution in [-0.4, -0.2) is 33.8 Å². The maximum atomic E-state index is 11.2. The van der Waals surface area contributed by atoms with Gasteiger partial charge in [-0.2, -0.15) is 0 Å². The molecule has 1 atom stereocenters. The van der Waals surface area contributed by atoms with E-state index in [2.05, 4.69) is 0 Å². The van der Waals surface area contributed by atoms with Gasteiger partial charge in [0, 0.05) is 4.91 Å². The molecule has 2 aliphatic heterocycles. The summed E-state index contributed by atoms with van der Waals surface area (Å²) in [5.74, 6) is -1.14. The summed E-state index contributed by atoms with van der Waals surface area (Å²) in [4.78, 5) is 24.2. The fourth-order valence-corrected chi connectivity index (χ4v) is 3.05. The summed E-state index contributed by atoms with van der Waals surface area (Å²) >= 11 is 1.45. The van der Waals surface area contributed by atoms with E-state index in [4.69, 9.17) is 10.8 Å². The maximum absolute atomic E-state index is 11.2. The minimum atomic E-state index is -1.03. The second kappa shape index (κ2) is 3.29. The molecule has 1 fully saturated rings. The molecule has 0 aliphatic carbocycles. The van der Waals surface area contributed by atoms with Crippen molar-refractivity contribution in [3.63, 3.8) is 0 Å². The minimum Gasteiger partial charge on any atom is -0.477 e. The molecule has 0 aromatic carbocycles. The molecule has 3 N–H and O–H groups in total. The van der Waals surface area contributed by atoms with Crippen LogP contribution in [0.2, 0.25) is 0 Å². The standard InChI is InChI=1S/C8H10N2O3S/c9-2-1-4-7(8(12)13)10-5(11)3-6(10)14-4/h6H,1-3,9H2,(H,12,13)/t6-/m0/s1. The van der Waals surface area contributed by atoms with Crippen molar-refractivity contribution in [3.05, 3.63) is 10.6 Å². The number of nitrogens with zero attached hydrogens (tertiary/aromatic N) is 1. The molecule has 6 heteroatoms. The van der Waals surface area contributed by atoms with E-state index >= 15 is 0 Å². The fourth-order valence-electron chi connectivity index (χ4n) is 1.64. The average molecular weight is 214 g/mol. The van der Waals surface area contributed by atoms with E-state index in [1.165, 1.54) is 16.7 Å². The Labute approximate surface area is 84.9 Å². The number of hydrogen-bond donors (Lipinski definition) is 2. The first-order valence-corrected chi connectivity index (χ1v) is 5.18. The Kier molecular flexibility index (Phi) is 2.24. The maximum Gasteiger partial charge on any atom is 0.353 e. The molecule has 76 valence electrons. The second-order valence-electron chi connectivity index (χ2n) is 3.16. The van der Waals surface area contributed by atoms with Crippen molar-refractivity contribution in [2.45, 2.75) is 18.2 Å². The predicted molar refractivity (Wildman–Crippen MR) is 51.2 cm³/mol. The molecule has 2 aliphatic rings. The number of hydrogen-bond acceptors (Lipinski definition) is 4. The lowest BCUT2D eigenvalue weighted by Crippen LogP contribution is -2.48. The van der Waals surface area contributed by atoms with Crippen LogP contribution in [0.15, 0.2) is 10.6 Å². The lowest BCUT2D eigenvalue weighted by Gasteiger charge is -2.33. The molecule has 0 radical (unpaired) electrons. The molecule has 0 saturated carbocycles.